The Morgan fingerprint density at radius 1 is 0.941 bits per heavy atom. The van der Waals surface area contributed by atoms with Crippen molar-refractivity contribution in [3.05, 3.63) is 59.9 Å². The Labute approximate surface area is 202 Å². The van der Waals surface area contributed by atoms with Gasteiger partial charge >= 0.3 is 0 Å². The Morgan fingerprint density at radius 2 is 1.53 bits per heavy atom. The van der Waals surface area contributed by atoms with E-state index in [1.54, 1.807) is 0 Å². The van der Waals surface area contributed by atoms with Gasteiger partial charge in [0.2, 0.25) is 15.9 Å². The molecule has 2 aliphatic heterocycles. The number of nitrogens with zero attached hydrogens (tertiary/aromatic N) is 2. The zero-order chi connectivity index (χ0) is 24.3. The van der Waals surface area contributed by atoms with Crippen molar-refractivity contribution in [3.63, 3.8) is 0 Å². The summed E-state index contributed by atoms with van der Waals surface area (Å²) in [5.41, 5.74) is 2.28. The van der Waals surface area contributed by atoms with Crippen LogP contribution >= 0.6 is 0 Å². The molecule has 1 atom stereocenters. The van der Waals surface area contributed by atoms with E-state index in [0.717, 1.165) is 36.7 Å². The molecule has 6 nitrogen and oxygen atoms in total. The lowest BCUT2D eigenvalue weighted by Gasteiger charge is -2.32. The average Bonchev–Trinajstić information content (AvgIpc) is 2.85. The van der Waals surface area contributed by atoms with E-state index in [9.17, 15) is 17.6 Å². The topological polar surface area (TPSA) is 69.7 Å². The number of hydrogen-bond acceptors (Lipinski definition) is 4. The summed E-state index contributed by atoms with van der Waals surface area (Å²) in [6.45, 7) is 7.00. The first-order valence-electron chi connectivity index (χ1n) is 12.1. The Kier molecular flexibility index (Phi) is 7.57. The third-order valence-corrected chi connectivity index (χ3v) is 9.09. The number of piperidine rings is 2. The van der Waals surface area contributed by atoms with E-state index in [-0.39, 0.29) is 35.9 Å². The van der Waals surface area contributed by atoms with Gasteiger partial charge in [0.05, 0.1) is 10.9 Å². The maximum absolute atomic E-state index is 13.1. The lowest BCUT2D eigenvalue weighted by atomic mass is 9.96. The second-order valence-corrected chi connectivity index (χ2v) is 11.6. The quantitative estimate of drug-likeness (QED) is 0.658. The molecule has 0 spiro atoms. The monoisotopic (exact) mass is 487 g/mol. The van der Waals surface area contributed by atoms with Crippen molar-refractivity contribution < 1.29 is 17.6 Å². The first-order chi connectivity index (χ1) is 16.2. The van der Waals surface area contributed by atoms with Gasteiger partial charge in [-0.25, -0.2) is 12.8 Å². The number of carbonyl (C=O) groups is 1. The molecule has 2 aromatic rings. The number of benzene rings is 2. The predicted octanol–water partition coefficient (Wildman–Crippen LogP) is 4.34. The van der Waals surface area contributed by atoms with Gasteiger partial charge in [-0.3, -0.25) is 4.79 Å². The molecule has 2 saturated heterocycles. The highest BCUT2D eigenvalue weighted by Gasteiger charge is 2.32. The minimum Gasteiger partial charge on any atom is -0.372 e. The summed E-state index contributed by atoms with van der Waals surface area (Å²) < 4.78 is 40.1. The minimum absolute atomic E-state index is 0.0413. The number of hydrogen-bond donors (Lipinski definition) is 1. The van der Waals surface area contributed by atoms with Crippen molar-refractivity contribution in [3.8, 4) is 0 Å². The SMILES string of the molecule is CC1CCN(c2ccc([C@@H](C)NC(=O)C3CCN(S(=O)(=O)c4ccc(F)cc4)CC3)cc2)CC1. The molecule has 1 amide bonds. The van der Waals surface area contributed by atoms with Crippen LogP contribution in [0, 0.1) is 17.7 Å². The third-order valence-electron chi connectivity index (χ3n) is 7.18. The molecule has 2 fully saturated rings. The average molecular weight is 488 g/mol. The van der Waals surface area contributed by atoms with E-state index in [2.05, 4.69) is 41.4 Å². The molecule has 0 unspecified atom stereocenters. The molecule has 2 aromatic carbocycles. The van der Waals surface area contributed by atoms with Crippen LogP contribution in [-0.4, -0.2) is 44.8 Å². The number of nitrogens with one attached hydrogen (secondary N) is 1. The van der Waals surface area contributed by atoms with Crippen LogP contribution in [0.25, 0.3) is 0 Å². The number of amides is 1. The largest absolute Gasteiger partial charge is 0.372 e. The number of anilines is 1. The van der Waals surface area contributed by atoms with Crippen molar-refractivity contribution >= 4 is 21.6 Å². The van der Waals surface area contributed by atoms with Crippen LogP contribution in [0.3, 0.4) is 0 Å². The molecule has 0 bridgehead atoms. The van der Waals surface area contributed by atoms with Crippen LogP contribution in [-0.2, 0) is 14.8 Å². The van der Waals surface area contributed by atoms with Crippen molar-refractivity contribution in [1.82, 2.24) is 9.62 Å². The molecular formula is C26H34FN3O3S. The van der Waals surface area contributed by atoms with Crippen LogP contribution in [0.2, 0.25) is 0 Å². The van der Waals surface area contributed by atoms with Crippen molar-refractivity contribution in [2.45, 2.75) is 50.5 Å². The lowest BCUT2D eigenvalue weighted by Crippen LogP contribution is -2.43. The molecule has 8 heteroatoms. The molecule has 2 aliphatic rings. The van der Waals surface area contributed by atoms with Crippen molar-refractivity contribution in [2.24, 2.45) is 11.8 Å². The summed E-state index contributed by atoms with van der Waals surface area (Å²) >= 11 is 0. The summed E-state index contributed by atoms with van der Waals surface area (Å²) in [6, 6.07) is 13.2. The molecule has 1 N–H and O–H groups in total. The zero-order valence-corrected chi connectivity index (χ0v) is 20.7. The highest BCUT2D eigenvalue weighted by Crippen LogP contribution is 2.27. The lowest BCUT2D eigenvalue weighted by molar-refractivity contribution is -0.126. The van der Waals surface area contributed by atoms with Gasteiger partial charge in [-0.05, 0) is 80.5 Å². The Morgan fingerprint density at radius 3 is 2.12 bits per heavy atom. The smallest absolute Gasteiger partial charge is 0.243 e. The van der Waals surface area contributed by atoms with E-state index in [1.807, 2.05) is 6.92 Å². The predicted molar refractivity (Wildman–Crippen MR) is 131 cm³/mol. The van der Waals surface area contributed by atoms with Gasteiger partial charge in [0.25, 0.3) is 0 Å². The second kappa shape index (κ2) is 10.4. The van der Waals surface area contributed by atoms with Gasteiger partial charge in [0.1, 0.15) is 5.82 Å². The fourth-order valence-electron chi connectivity index (χ4n) is 4.77. The summed E-state index contributed by atoms with van der Waals surface area (Å²) in [4.78, 5) is 15.4. The van der Waals surface area contributed by atoms with Crippen molar-refractivity contribution in [2.75, 3.05) is 31.1 Å². The fourth-order valence-corrected chi connectivity index (χ4v) is 6.24. The highest BCUT2D eigenvalue weighted by atomic mass is 32.2. The second-order valence-electron chi connectivity index (χ2n) is 9.62. The summed E-state index contributed by atoms with van der Waals surface area (Å²) in [6.07, 6.45) is 3.37. The number of halogens is 1. The van der Waals surface area contributed by atoms with E-state index in [0.29, 0.717) is 12.8 Å². The van der Waals surface area contributed by atoms with Gasteiger partial charge in [-0.2, -0.15) is 4.31 Å². The standard InChI is InChI=1S/C26H34FN3O3S/c1-19-11-15-29(16-12-19)24-7-3-21(4-8-24)20(2)28-26(31)22-13-17-30(18-14-22)34(32,33)25-9-5-23(27)6-10-25/h3-10,19-20,22H,11-18H2,1-2H3,(H,28,31)/t20-/m1/s1. The third kappa shape index (κ3) is 5.61. The summed E-state index contributed by atoms with van der Waals surface area (Å²) in [7, 11) is -3.68. The molecule has 2 heterocycles. The molecular weight excluding hydrogens is 453 g/mol. The molecule has 4 rings (SSSR count). The van der Waals surface area contributed by atoms with Crippen LogP contribution in [0.4, 0.5) is 10.1 Å². The Balaban J connectivity index is 1.29. The molecule has 184 valence electrons. The first kappa shape index (κ1) is 24.7. The minimum atomic E-state index is -3.68. The maximum atomic E-state index is 13.1. The number of rotatable bonds is 6. The van der Waals surface area contributed by atoms with Crippen LogP contribution < -0.4 is 10.2 Å². The van der Waals surface area contributed by atoms with Gasteiger partial charge in [-0.15, -0.1) is 0 Å². The number of carbonyl (C=O) groups excluding carboxylic acids is 1. The first-order valence-corrected chi connectivity index (χ1v) is 13.6. The van der Waals surface area contributed by atoms with Crippen LogP contribution in [0.5, 0.6) is 0 Å². The summed E-state index contributed by atoms with van der Waals surface area (Å²) in [5.74, 6) is 0.0528. The van der Waals surface area contributed by atoms with E-state index < -0.39 is 15.8 Å². The van der Waals surface area contributed by atoms with Crippen LogP contribution in [0.1, 0.15) is 51.1 Å². The molecule has 0 aliphatic carbocycles. The molecule has 0 aromatic heterocycles. The van der Waals surface area contributed by atoms with E-state index in [4.69, 9.17) is 0 Å². The van der Waals surface area contributed by atoms with E-state index >= 15 is 0 Å². The maximum Gasteiger partial charge on any atom is 0.243 e. The van der Waals surface area contributed by atoms with Gasteiger partial charge < -0.3 is 10.2 Å². The van der Waals surface area contributed by atoms with Gasteiger partial charge in [0.15, 0.2) is 0 Å². The molecule has 0 radical (unpaired) electrons. The van der Waals surface area contributed by atoms with Crippen LogP contribution in [0.15, 0.2) is 53.4 Å². The van der Waals surface area contributed by atoms with Crippen molar-refractivity contribution in [1.29, 1.82) is 0 Å². The van der Waals surface area contributed by atoms with E-state index in [1.165, 1.54) is 35.0 Å². The Bertz CT molecular complexity index is 1070. The normalized spacial score (nSPS) is 19.7. The highest BCUT2D eigenvalue weighted by molar-refractivity contribution is 7.89. The van der Waals surface area contributed by atoms with Gasteiger partial charge in [-0.1, -0.05) is 19.1 Å². The molecule has 0 saturated carbocycles. The van der Waals surface area contributed by atoms with Gasteiger partial charge in [0, 0.05) is 37.8 Å². The Hall–Kier alpha value is -2.45. The fraction of sp³-hybridized carbons (Fsp3) is 0.500. The zero-order valence-electron chi connectivity index (χ0n) is 19.9. The summed E-state index contributed by atoms with van der Waals surface area (Å²) in [5, 5.41) is 3.10. The molecule has 34 heavy (non-hydrogen) atoms. The number of sulfonamides is 1.